The van der Waals surface area contributed by atoms with Crippen molar-refractivity contribution in [3.8, 4) is 0 Å². The highest BCUT2D eigenvalue weighted by molar-refractivity contribution is 6.37. The SMILES string of the molecule is CN(C(=O)C(F)(F)F)c1cccc(NC(=C2C(=O)Nc3ccccc32)c2ccccc2)c1. The summed E-state index contributed by atoms with van der Waals surface area (Å²) in [5.74, 6) is -2.27. The first-order chi connectivity index (χ1) is 15.3. The van der Waals surface area contributed by atoms with E-state index in [9.17, 15) is 22.8 Å². The number of carbonyl (C=O) groups excluding carboxylic acids is 2. The van der Waals surface area contributed by atoms with Gasteiger partial charge in [-0.05, 0) is 29.8 Å². The van der Waals surface area contributed by atoms with Gasteiger partial charge >= 0.3 is 12.1 Å². The normalized spacial score (nSPS) is 14.4. The molecule has 4 rings (SSSR count). The van der Waals surface area contributed by atoms with E-state index in [1.165, 1.54) is 18.2 Å². The van der Waals surface area contributed by atoms with Crippen molar-refractivity contribution in [1.29, 1.82) is 0 Å². The number of anilines is 3. The van der Waals surface area contributed by atoms with Crippen LogP contribution in [0.2, 0.25) is 0 Å². The molecular formula is C24H18F3N3O2. The van der Waals surface area contributed by atoms with Crippen molar-refractivity contribution < 1.29 is 22.8 Å². The minimum Gasteiger partial charge on any atom is -0.354 e. The van der Waals surface area contributed by atoms with Crippen LogP contribution in [0.3, 0.4) is 0 Å². The van der Waals surface area contributed by atoms with Gasteiger partial charge in [0.25, 0.3) is 5.91 Å². The fourth-order valence-electron chi connectivity index (χ4n) is 3.49. The predicted octanol–water partition coefficient (Wildman–Crippen LogP) is 5.14. The molecule has 1 aliphatic heterocycles. The Kier molecular flexibility index (Phi) is 5.44. The van der Waals surface area contributed by atoms with Gasteiger partial charge in [-0.1, -0.05) is 54.6 Å². The minimum atomic E-state index is -4.99. The second kappa shape index (κ2) is 8.22. The van der Waals surface area contributed by atoms with Crippen molar-refractivity contribution in [2.24, 2.45) is 0 Å². The number of para-hydroxylation sites is 1. The summed E-state index contributed by atoms with van der Waals surface area (Å²) in [7, 11) is 1.06. The number of nitrogens with one attached hydrogen (secondary N) is 2. The van der Waals surface area contributed by atoms with Gasteiger partial charge in [-0.15, -0.1) is 0 Å². The maximum Gasteiger partial charge on any atom is 0.471 e. The molecule has 32 heavy (non-hydrogen) atoms. The van der Waals surface area contributed by atoms with Gasteiger partial charge in [-0.25, -0.2) is 0 Å². The summed E-state index contributed by atoms with van der Waals surface area (Å²) in [5, 5.41) is 6.01. The molecule has 1 aliphatic rings. The first-order valence-electron chi connectivity index (χ1n) is 9.68. The largest absolute Gasteiger partial charge is 0.471 e. The number of halogens is 3. The van der Waals surface area contributed by atoms with Gasteiger partial charge in [0.1, 0.15) is 0 Å². The monoisotopic (exact) mass is 437 g/mol. The Morgan fingerprint density at radius 3 is 2.34 bits per heavy atom. The second-order valence-electron chi connectivity index (χ2n) is 7.15. The Morgan fingerprint density at radius 1 is 0.938 bits per heavy atom. The number of nitrogens with zero attached hydrogens (tertiary/aromatic N) is 1. The lowest BCUT2D eigenvalue weighted by Gasteiger charge is -2.20. The average Bonchev–Trinajstić information content (AvgIpc) is 3.12. The molecule has 0 aliphatic carbocycles. The molecule has 0 fully saturated rings. The first-order valence-corrected chi connectivity index (χ1v) is 9.68. The summed E-state index contributed by atoms with van der Waals surface area (Å²) in [6, 6.07) is 22.4. The summed E-state index contributed by atoms with van der Waals surface area (Å²) in [5.41, 5.74) is 3.50. The average molecular weight is 437 g/mol. The van der Waals surface area contributed by atoms with Crippen molar-refractivity contribution in [3.05, 3.63) is 90.0 Å². The van der Waals surface area contributed by atoms with E-state index in [4.69, 9.17) is 0 Å². The Balaban J connectivity index is 1.78. The van der Waals surface area contributed by atoms with E-state index >= 15 is 0 Å². The summed E-state index contributed by atoms with van der Waals surface area (Å²) in [6.07, 6.45) is -4.99. The summed E-state index contributed by atoms with van der Waals surface area (Å²) in [4.78, 5) is 25.0. The molecule has 0 atom stereocenters. The molecule has 0 spiro atoms. The fourth-order valence-corrected chi connectivity index (χ4v) is 3.49. The van der Waals surface area contributed by atoms with E-state index < -0.39 is 12.1 Å². The summed E-state index contributed by atoms with van der Waals surface area (Å²) < 4.78 is 38.5. The molecule has 0 unspecified atom stereocenters. The van der Waals surface area contributed by atoms with Crippen LogP contribution in [0.1, 0.15) is 11.1 Å². The van der Waals surface area contributed by atoms with E-state index in [-0.39, 0.29) is 11.6 Å². The third-order valence-electron chi connectivity index (χ3n) is 5.03. The van der Waals surface area contributed by atoms with Crippen molar-refractivity contribution >= 4 is 40.1 Å². The zero-order valence-corrected chi connectivity index (χ0v) is 16.9. The molecule has 0 radical (unpaired) electrons. The summed E-state index contributed by atoms with van der Waals surface area (Å²) >= 11 is 0. The van der Waals surface area contributed by atoms with Crippen LogP contribution in [0.25, 0.3) is 11.3 Å². The molecule has 0 bridgehead atoms. The lowest BCUT2D eigenvalue weighted by atomic mass is 10.00. The highest BCUT2D eigenvalue weighted by atomic mass is 19.4. The van der Waals surface area contributed by atoms with Gasteiger partial charge in [0.2, 0.25) is 0 Å². The van der Waals surface area contributed by atoms with Crippen LogP contribution >= 0.6 is 0 Å². The van der Waals surface area contributed by atoms with E-state index in [0.717, 1.165) is 12.6 Å². The lowest BCUT2D eigenvalue weighted by Crippen LogP contribution is -2.38. The highest BCUT2D eigenvalue weighted by Gasteiger charge is 2.41. The molecule has 2 amide bonds. The third kappa shape index (κ3) is 4.07. The highest BCUT2D eigenvalue weighted by Crippen LogP contribution is 2.37. The molecule has 8 heteroatoms. The second-order valence-corrected chi connectivity index (χ2v) is 7.15. The van der Waals surface area contributed by atoms with Crippen molar-refractivity contribution in [2.75, 3.05) is 22.6 Å². The number of amides is 2. The van der Waals surface area contributed by atoms with Gasteiger partial charge in [0.15, 0.2) is 0 Å². The molecule has 3 aromatic rings. The van der Waals surface area contributed by atoms with Crippen molar-refractivity contribution in [3.63, 3.8) is 0 Å². The van der Waals surface area contributed by atoms with Crippen molar-refractivity contribution in [2.45, 2.75) is 6.18 Å². The predicted molar refractivity (Wildman–Crippen MR) is 118 cm³/mol. The molecular weight excluding hydrogens is 419 g/mol. The van der Waals surface area contributed by atoms with Crippen LogP contribution in [0.4, 0.5) is 30.2 Å². The number of hydrogen-bond acceptors (Lipinski definition) is 3. The van der Waals surface area contributed by atoms with E-state index in [0.29, 0.717) is 33.1 Å². The molecule has 0 saturated heterocycles. The molecule has 162 valence electrons. The Morgan fingerprint density at radius 2 is 1.62 bits per heavy atom. The third-order valence-corrected chi connectivity index (χ3v) is 5.03. The van der Waals surface area contributed by atoms with Gasteiger partial charge in [0.05, 0.1) is 11.3 Å². The fraction of sp³-hybridized carbons (Fsp3) is 0.0833. The minimum absolute atomic E-state index is 0.0611. The zero-order chi connectivity index (χ0) is 22.9. The number of hydrogen-bond donors (Lipinski definition) is 2. The molecule has 0 aromatic heterocycles. The van der Waals surface area contributed by atoms with Crippen molar-refractivity contribution in [1.82, 2.24) is 0 Å². The van der Waals surface area contributed by atoms with Crippen LogP contribution in [0.15, 0.2) is 78.9 Å². The zero-order valence-electron chi connectivity index (χ0n) is 16.9. The van der Waals surface area contributed by atoms with E-state index in [2.05, 4.69) is 10.6 Å². The maximum atomic E-state index is 12.8. The molecule has 2 N–H and O–H groups in total. The van der Waals surface area contributed by atoms with Crippen LogP contribution < -0.4 is 15.5 Å². The van der Waals surface area contributed by atoms with Crippen LogP contribution in [0, 0.1) is 0 Å². The first kappa shape index (κ1) is 21.2. The Hall–Kier alpha value is -4.07. The quantitative estimate of drug-likeness (QED) is 0.556. The molecule has 0 saturated carbocycles. The number of carbonyl (C=O) groups is 2. The number of rotatable bonds is 4. The van der Waals surface area contributed by atoms with Gasteiger partial charge in [0, 0.05) is 29.7 Å². The standard InChI is InChI=1S/C24H18F3N3O2/c1-30(23(32)24(25,26)27)17-11-7-10-16(14-17)28-21(15-8-3-2-4-9-15)20-18-12-5-6-13-19(18)29-22(20)31/h2-14,28H,1H3,(H,29,31). The number of benzene rings is 3. The number of fused-ring (bicyclic) bond motifs is 1. The van der Waals surface area contributed by atoms with E-state index in [1.807, 2.05) is 48.5 Å². The number of alkyl halides is 3. The summed E-state index contributed by atoms with van der Waals surface area (Å²) in [6.45, 7) is 0. The van der Waals surface area contributed by atoms with Gasteiger partial charge in [-0.3, -0.25) is 9.59 Å². The molecule has 1 heterocycles. The van der Waals surface area contributed by atoms with Gasteiger partial charge < -0.3 is 15.5 Å². The molecule has 5 nitrogen and oxygen atoms in total. The van der Waals surface area contributed by atoms with Crippen LogP contribution in [-0.4, -0.2) is 25.0 Å². The topological polar surface area (TPSA) is 61.4 Å². The maximum absolute atomic E-state index is 12.8. The van der Waals surface area contributed by atoms with Crippen LogP contribution in [0.5, 0.6) is 0 Å². The van der Waals surface area contributed by atoms with Gasteiger partial charge in [-0.2, -0.15) is 13.2 Å². The molecule has 3 aromatic carbocycles. The van der Waals surface area contributed by atoms with E-state index in [1.54, 1.807) is 12.1 Å². The Bertz CT molecular complexity index is 1220. The smallest absolute Gasteiger partial charge is 0.354 e. The van der Waals surface area contributed by atoms with Crippen LogP contribution in [-0.2, 0) is 9.59 Å². The lowest BCUT2D eigenvalue weighted by molar-refractivity contribution is -0.170. The Labute approximate surface area is 182 Å².